The Morgan fingerprint density at radius 3 is 2.84 bits per heavy atom. The standard InChI is InChI=1S/C24H28N4O3/c1-28-20-7-5-15(14-25)11-19(20)27-23(28)16-3-2-4-18(12-16)26-24(29)17-6-8-21-22(13-17)31-10-9-30-21/h5-8,11,13,16,18H,2-4,9-10,12,14,25H2,1H3,(H,26,29). The zero-order valence-electron chi connectivity index (χ0n) is 17.8. The molecule has 1 saturated carbocycles. The monoisotopic (exact) mass is 420 g/mol. The van der Waals surface area contributed by atoms with Gasteiger partial charge in [0.15, 0.2) is 11.5 Å². The van der Waals surface area contributed by atoms with Gasteiger partial charge in [-0.2, -0.15) is 0 Å². The number of aryl methyl sites for hydroxylation is 1. The molecule has 7 heteroatoms. The van der Waals surface area contributed by atoms with Crippen LogP contribution in [0.2, 0.25) is 0 Å². The van der Waals surface area contributed by atoms with Crippen LogP contribution in [0, 0.1) is 0 Å². The van der Waals surface area contributed by atoms with E-state index < -0.39 is 0 Å². The Balaban J connectivity index is 1.31. The quantitative estimate of drug-likeness (QED) is 0.676. The average Bonchev–Trinajstić information content (AvgIpc) is 3.14. The number of carbonyl (C=O) groups is 1. The number of rotatable bonds is 4. The number of carbonyl (C=O) groups excluding carboxylic acids is 1. The van der Waals surface area contributed by atoms with E-state index in [1.165, 1.54) is 0 Å². The lowest BCUT2D eigenvalue weighted by Gasteiger charge is -2.29. The lowest BCUT2D eigenvalue weighted by Crippen LogP contribution is -2.38. The summed E-state index contributed by atoms with van der Waals surface area (Å²) in [6.07, 6.45) is 4.01. The largest absolute Gasteiger partial charge is 0.486 e. The fourth-order valence-electron chi connectivity index (χ4n) is 4.76. The fraction of sp³-hybridized carbons (Fsp3) is 0.417. The van der Waals surface area contributed by atoms with Gasteiger partial charge in [0.1, 0.15) is 19.0 Å². The molecule has 0 spiro atoms. The molecule has 5 rings (SSSR count). The molecule has 2 aliphatic rings. The SMILES string of the molecule is Cn1c(C2CCCC(NC(=O)c3ccc4c(c3)OCCO4)C2)nc2cc(CN)ccc21. The van der Waals surface area contributed by atoms with Gasteiger partial charge in [-0.3, -0.25) is 4.79 Å². The van der Waals surface area contributed by atoms with Crippen molar-refractivity contribution in [1.82, 2.24) is 14.9 Å². The molecule has 3 aromatic rings. The highest BCUT2D eigenvalue weighted by molar-refractivity contribution is 5.95. The van der Waals surface area contributed by atoms with Crippen molar-refractivity contribution in [3.05, 3.63) is 53.3 Å². The topological polar surface area (TPSA) is 91.4 Å². The molecule has 1 aliphatic carbocycles. The Morgan fingerprint density at radius 1 is 1.16 bits per heavy atom. The summed E-state index contributed by atoms with van der Waals surface area (Å²) in [5.41, 5.74) is 9.59. The first kappa shape index (κ1) is 19.9. The van der Waals surface area contributed by atoms with Gasteiger partial charge >= 0.3 is 0 Å². The number of amides is 1. The van der Waals surface area contributed by atoms with Crippen LogP contribution < -0.4 is 20.5 Å². The van der Waals surface area contributed by atoms with Crippen molar-refractivity contribution >= 4 is 16.9 Å². The van der Waals surface area contributed by atoms with E-state index in [1.807, 2.05) is 6.07 Å². The molecule has 162 valence electrons. The first-order chi connectivity index (χ1) is 15.1. The maximum Gasteiger partial charge on any atom is 0.251 e. The summed E-state index contributed by atoms with van der Waals surface area (Å²) in [5, 5.41) is 3.22. The van der Waals surface area contributed by atoms with E-state index in [0.717, 1.165) is 48.1 Å². The molecule has 0 bridgehead atoms. The minimum atomic E-state index is -0.0692. The van der Waals surface area contributed by atoms with Crippen molar-refractivity contribution in [3.8, 4) is 11.5 Å². The molecule has 1 fully saturated rings. The maximum absolute atomic E-state index is 12.9. The number of fused-ring (bicyclic) bond motifs is 2. The van der Waals surface area contributed by atoms with Gasteiger partial charge in [0.25, 0.3) is 5.91 Å². The Labute approximate surface area is 181 Å². The van der Waals surface area contributed by atoms with E-state index in [1.54, 1.807) is 12.1 Å². The highest BCUT2D eigenvalue weighted by Gasteiger charge is 2.28. The van der Waals surface area contributed by atoms with Crippen molar-refractivity contribution in [2.24, 2.45) is 12.8 Å². The summed E-state index contributed by atoms with van der Waals surface area (Å²) in [7, 11) is 2.07. The molecule has 2 unspecified atom stereocenters. The van der Waals surface area contributed by atoms with Gasteiger partial charge in [0, 0.05) is 31.1 Å². The van der Waals surface area contributed by atoms with Gasteiger partial charge in [-0.25, -0.2) is 4.98 Å². The van der Waals surface area contributed by atoms with Gasteiger partial charge < -0.3 is 25.1 Å². The predicted octanol–water partition coefficient (Wildman–Crippen LogP) is 3.26. The van der Waals surface area contributed by atoms with E-state index in [9.17, 15) is 4.79 Å². The third-order valence-corrected chi connectivity index (χ3v) is 6.39. The summed E-state index contributed by atoms with van der Waals surface area (Å²) in [6, 6.07) is 11.7. The van der Waals surface area contributed by atoms with E-state index >= 15 is 0 Å². The summed E-state index contributed by atoms with van der Waals surface area (Å²) in [5.74, 6) is 2.66. The van der Waals surface area contributed by atoms with Crippen molar-refractivity contribution in [1.29, 1.82) is 0 Å². The molecule has 2 heterocycles. The second kappa shape index (κ2) is 8.23. The van der Waals surface area contributed by atoms with Crippen molar-refractivity contribution in [3.63, 3.8) is 0 Å². The molecule has 3 N–H and O–H groups in total. The van der Waals surface area contributed by atoms with Crippen LogP contribution in [0.5, 0.6) is 11.5 Å². The lowest BCUT2D eigenvalue weighted by molar-refractivity contribution is 0.0923. The van der Waals surface area contributed by atoms with Crippen LogP contribution in [0.15, 0.2) is 36.4 Å². The summed E-state index contributed by atoms with van der Waals surface area (Å²) in [6.45, 7) is 1.56. The molecule has 31 heavy (non-hydrogen) atoms. The van der Waals surface area contributed by atoms with Gasteiger partial charge in [-0.15, -0.1) is 0 Å². The van der Waals surface area contributed by atoms with Crippen LogP contribution >= 0.6 is 0 Å². The Morgan fingerprint density at radius 2 is 2.00 bits per heavy atom. The predicted molar refractivity (Wildman–Crippen MR) is 119 cm³/mol. The van der Waals surface area contributed by atoms with E-state index in [-0.39, 0.29) is 11.9 Å². The van der Waals surface area contributed by atoms with Gasteiger partial charge in [-0.05, 0) is 55.2 Å². The number of nitrogens with zero attached hydrogens (tertiary/aromatic N) is 2. The van der Waals surface area contributed by atoms with Crippen LogP contribution in [0.1, 0.15) is 53.3 Å². The average molecular weight is 421 g/mol. The molecule has 2 atom stereocenters. The normalized spacial score (nSPS) is 20.6. The zero-order chi connectivity index (χ0) is 21.4. The first-order valence-electron chi connectivity index (χ1n) is 11.0. The van der Waals surface area contributed by atoms with Crippen molar-refractivity contribution < 1.29 is 14.3 Å². The number of nitrogens with one attached hydrogen (secondary N) is 1. The third-order valence-electron chi connectivity index (χ3n) is 6.39. The number of hydrogen-bond donors (Lipinski definition) is 2. The Bertz CT molecular complexity index is 1120. The molecule has 1 aliphatic heterocycles. The van der Waals surface area contributed by atoms with Gasteiger partial charge in [0.05, 0.1) is 11.0 Å². The smallest absolute Gasteiger partial charge is 0.251 e. The molecular formula is C24H28N4O3. The second-order valence-electron chi connectivity index (χ2n) is 8.45. The van der Waals surface area contributed by atoms with Crippen LogP contribution in [-0.2, 0) is 13.6 Å². The third kappa shape index (κ3) is 3.85. The number of ether oxygens (including phenoxy) is 2. The molecule has 0 saturated heterocycles. The van der Waals surface area contributed by atoms with Crippen LogP contribution in [0.4, 0.5) is 0 Å². The lowest BCUT2D eigenvalue weighted by atomic mass is 9.85. The highest BCUT2D eigenvalue weighted by Crippen LogP contribution is 2.35. The molecule has 0 radical (unpaired) electrons. The summed E-state index contributed by atoms with van der Waals surface area (Å²) in [4.78, 5) is 17.8. The van der Waals surface area contributed by atoms with E-state index in [4.69, 9.17) is 20.2 Å². The first-order valence-corrected chi connectivity index (χ1v) is 11.0. The summed E-state index contributed by atoms with van der Waals surface area (Å²) >= 11 is 0. The Kier molecular flexibility index (Phi) is 5.28. The number of nitrogens with two attached hydrogens (primary N) is 1. The highest BCUT2D eigenvalue weighted by atomic mass is 16.6. The van der Waals surface area contributed by atoms with Crippen LogP contribution in [0.25, 0.3) is 11.0 Å². The van der Waals surface area contributed by atoms with E-state index in [2.05, 4.69) is 35.1 Å². The summed E-state index contributed by atoms with van der Waals surface area (Å²) < 4.78 is 13.3. The van der Waals surface area contributed by atoms with Crippen LogP contribution in [0.3, 0.4) is 0 Å². The van der Waals surface area contributed by atoms with Crippen molar-refractivity contribution in [2.45, 2.75) is 44.2 Å². The molecule has 7 nitrogen and oxygen atoms in total. The number of imidazole rings is 1. The number of benzene rings is 2. The molecular weight excluding hydrogens is 392 g/mol. The Hall–Kier alpha value is -3.06. The minimum Gasteiger partial charge on any atom is -0.486 e. The van der Waals surface area contributed by atoms with Gasteiger partial charge in [-0.1, -0.05) is 12.5 Å². The maximum atomic E-state index is 12.9. The van der Waals surface area contributed by atoms with E-state index in [0.29, 0.717) is 42.7 Å². The minimum absolute atomic E-state index is 0.0692. The second-order valence-corrected chi connectivity index (χ2v) is 8.45. The van der Waals surface area contributed by atoms with Crippen LogP contribution in [-0.4, -0.2) is 34.7 Å². The zero-order valence-corrected chi connectivity index (χ0v) is 17.8. The molecule has 2 aromatic carbocycles. The number of hydrogen-bond acceptors (Lipinski definition) is 5. The number of aromatic nitrogens is 2. The van der Waals surface area contributed by atoms with Crippen molar-refractivity contribution in [2.75, 3.05) is 13.2 Å². The van der Waals surface area contributed by atoms with Gasteiger partial charge in [0.2, 0.25) is 0 Å². The fourth-order valence-corrected chi connectivity index (χ4v) is 4.76. The molecule has 1 amide bonds. The molecule has 1 aromatic heterocycles.